The SMILES string of the molecule is O=S(=O)(S)CCS(=O)(=O)C1CCCCC1. The molecule has 15 heavy (non-hydrogen) atoms. The van der Waals surface area contributed by atoms with E-state index in [1.54, 1.807) is 0 Å². The average Bonchev–Trinajstić information content (AvgIpc) is 2.16. The smallest absolute Gasteiger partial charge is 0.199 e. The van der Waals surface area contributed by atoms with Gasteiger partial charge in [0.15, 0.2) is 18.7 Å². The molecule has 1 saturated carbocycles. The van der Waals surface area contributed by atoms with Crippen molar-refractivity contribution in [3.05, 3.63) is 0 Å². The third-order valence-electron chi connectivity index (χ3n) is 2.69. The number of sulfone groups is 1. The van der Waals surface area contributed by atoms with Gasteiger partial charge >= 0.3 is 0 Å². The molecule has 0 radical (unpaired) electrons. The molecule has 7 heteroatoms. The van der Waals surface area contributed by atoms with E-state index in [2.05, 4.69) is 11.7 Å². The lowest BCUT2D eigenvalue weighted by Crippen LogP contribution is -2.28. The molecule has 0 bridgehead atoms. The molecule has 4 nitrogen and oxygen atoms in total. The second kappa shape index (κ2) is 5.05. The minimum Gasteiger partial charge on any atom is -0.229 e. The fourth-order valence-corrected chi connectivity index (χ4v) is 5.64. The molecule has 0 saturated heterocycles. The number of thiol groups is 1. The summed E-state index contributed by atoms with van der Waals surface area (Å²) < 4.78 is 45.0. The van der Waals surface area contributed by atoms with Gasteiger partial charge in [-0.15, -0.1) is 0 Å². The Hall–Kier alpha value is 0.250. The largest absolute Gasteiger partial charge is 0.229 e. The summed E-state index contributed by atoms with van der Waals surface area (Å²) in [6.45, 7) is 0. The lowest BCUT2D eigenvalue weighted by molar-refractivity contribution is 0.484. The highest BCUT2D eigenvalue weighted by molar-refractivity contribution is 8.63. The van der Waals surface area contributed by atoms with E-state index < -0.39 is 18.7 Å². The fraction of sp³-hybridized carbons (Fsp3) is 1.00. The van der Waals surface area contributed by atoms with Crippen LogP contribution in [0.1, 0.15) is 32.1 Å². The Balaban J connectivity index is 2.58. The Kier molecular flexibility index (Phi) is 4.49. The second-order valence-corrected chi connectivity index (χ2v) is 9.55. The van der Waals surface area contributed by atoms with E-state index in [4.69, 9.17) is 0 Å². The van der Waals surface area contributed by atoms with Crippen molar-refractivity contribution in [2.75, 3.05) is 11.5 Å². The van der Waals surface area contributed by atoms with Crippen molar-refractivity contribution < 1.29 is 16.8 Å². The van der Waals surface area contributed by atoms with Crippen LogP contribution in [0.4, 0.5) is 0 Å². The van der Waals surface area contributed by atoms with Crippen LogP contribution in [0.25, 0.3) is 0 Å². The third kappa shape index (κ3) is 4.74. The van der Waals surface area contributed by atoms with Crippen LogP contribution in [0.5, 0.6) is 0 Å². The van der Waals surface area contributed by atoms with E-state index in [9.17, 15) is 16.8 Å². The van der Waals surface area contributed by atoms with E-state index in [1.165, 1.54) is 0 Å². The molecule has 0 spiro atoms. The van der Waals surface area contributed by atoms with E-state index in [0.717, 1.165) is 19.3 Å². The van der Waals surface area contributed by atoms with Crippen LogP contribution in [0, 0.1) is 0 Å². The maximum Gasteiger partial charge on any atom is 0.199 e. The van der Waals surface area contributed by atoms with Crippen LogP contribution >= 0.6 is 11.7 Å². The van der Waals surface area contributed by atoms with Gasteiger partial charge in [-0.25, -0.2) is 16.8 Å². The minimum atomic E-state index is -3.48. The minimum absolute atomic E-state index is 0.288. The van der Waals surface area contributed by atoms with Crippen molar-refractivity contribution in [1.29, 1.82) is 0 Å². The molecule has 0 aromatic heterocycles. The quantitative estimate of drug-likeness (QED) is 0.612. The summed E-state index contributed by atoms with van der Waals surface area (Å²) in [5.74, 6) is -0.668. The van der Waals surface area contributed by atoms with Crippen molar-refractivity contribution in [1.82, 2.24) is 0 Å². The van der Waals surface area contributed by atoms with Gasteiger partial charge < -0.3 is 0 Å². The molecule has 0 amide bonds. The van der Waals surface area contributed by atoms with Crippen molar-refractivity contribution >= 4 is 30.4 Å². The maximum absolute atomic E-state index is 11.7. The van der Waals surface area contributed by atoms with Crippen LogP contribution < -0.4 is 0 Å². The summed E-state index contributed by atoms with van der Waals surface area (Å²) in [5.41, 5.74) is 0. The highest BCUT2D eigenvalue weighted by Crippen LogP contribution is 2.24. The lowest BCUT2D eigenvalue weighted by atomic mass is 10.0. The van der Waals surface area contributed by atoms with Crippen molar-refractivity contribution in [2.45, 2.75) is 37.4 Å². The summed E-state index contributed by atoms with van der Waals surface area (Å²) in [5, 5.41) is -0.332. The van der Waals surface area contributed by atoms with Crippen LogP contribution in [0.3, 0.4) is 0 Å². The third-order valence-corrected chi connectivity index (χ3v) is 6.47. The van der Waals surface area contributed by atoms with Gasteiger partial charge in [0.1, 0.15) is 0 Å². The zero-order valence-corrected chi connectivity index (χ0v) is 11.0. The topological polar surface area (TPSA) is 68.3 Å². The van der Waals surface area contributed by atoms with Gasteiger partial charge in [0.2, 0.25) is 0 Å². The van der Waals surface area contributed by atoms with Crippen LogP contribution in [0.2, 0.25) is 0 Å². The van der Waals surface area contributed by atoms with Gasteiger partial charge in [-0.1, -0.05) is 19.3 Å². The fourth-order valence-electron chi connectivity index (χ4n) is 1.81. The normalized spacial score (nSPS) is 20.3. The lowest BCUT2D eigenvalue weighted by Gasteiger charge is -2.21. The monoisotopic (exact) mass is 272 g/mol. The maximum atomic E-state index is 11.7. The molecule has 90 valence electrons. The van der Waals surface area contributed by atoms with Crippen LogP contribution in [-0.4, -0.2) is 33.6 Å². The average molecular weight is 272 g/mol. The molecular formula is C8H16O4S3. The summed E-state index contributed by atoms with van der Waals surface area (Å²) in [4.78, 5) is 0. The van der Waals surface area contributed by atoms with Gasteiger partial charge in [-0.2, -0.15) is 0 Å². The zero-order valence-electron chi connectivity index (χ0n) is 8.42. The standard InChI is InChI=1S/C8H16O4S3/c9-14(10,6-7-15(11,12)13)8-4-2-1-3-5-8/h8H,1-7H2,(H,11,12,13). The van der Waals surface area contributed by atoms with Gasteiger partial charge in [0.05, 0.1) is 16.8 Å². The van der Waals surface area contributed by atoms with Gasteiger partial charge in [-0.3, -0.25) is 0 Å². The first-order valence-corrected chi connectivity index (χ1v) is 9.40. The first-order chi connectivity index (χ1) is 6.81. The summed E-state index contributed by atoms with van der Waals surface area (Å²) >= 11 is 3.34. The molecule has 0 aromatic rings. The summed E-state index contributed by atoms with van der Waals surface area (Å²) in [6.07, 6.45) is 4.29. The Morgan fingerprint density at radius 3 is 1.93 bits per heavy atom. The van der Waals surface area contributed by atoms with Crippen LogP contribution in [0.15, 0.2) is 0 Å². The van der Waals surface area contributed by atoms with Crippen molar-refractivity contribution in [2.24, 2.45) is 0 Å². The van der Waals surface area contributed by atoms with E-state index in [-0.39, 0.29) is 16.8 Å². The van der Waals surface area contributed by atoms with E-state index >= 15 is 0 Å². The predicted molar refractivity (Wildman–Crippen MR) is 63.4 cm³/mol. The Labute approximate surface area is 96.1 Å². The van der Waals surface area contributed by atoms with Gasteiger partial charge in [0.25, 0.3) is 0 Å². The first-order valence-electron chi connectivity index (χ1n) is 4.98. The predicted octanol–water partition coefficient (Wildman–Crippen LogP) is 0.994. The molecule has 0 aliphatic heterocycles. The van der Waals surface area contributed by atoms with Crippen LogP contribution in [-0.2, 0) is 18.7 Å². The zero-order chi connectivity index (χ0) is 11.5. The number of hydrogen-bond donors (Lipinski definition) is 1. The number of hydrogen-bond acceptors (Lipinski definition) is 4. The highest BCUT2D eigenvalue weighted by atomic mass is 33.1. The Morgan fingerprint density at radius 1 is 0.933 bits per heavy atom. The second-order valence-electron chi connectivity index (χ2n) is 3.91. The molecular weight excluding hydrogens is 256 g/mol. The van der Waals surface area contributed by atoms with E-state index in [1.807, 2.05) is 0 Å². The molecule has 0 aromatic carbocycles. The molecule has 0 heterocycles. The first kappa shape index (κ1) is 13.3. The molecule has 0 N–H and O–H groups in total. The molecule has 1 rings (SSSR count). The molecule has 1 fully saturated rings. The van der Waals surface area contributed by atoms with Gasteiger partial charge in [-0.05, 0) is 24.5 Å². The number of rotatable bonds is 4. The van der Waals surface area contributed by atoms with E-state index in [0.29, 0.717) is 12.8 Å². The van der Waals surface area contributed by atoms with Crippen molar-refractivity contribution in [3.8, 4) is 0 Å². The summed E-state index contributed by atoms with van der Waals surface area (Å²) in [6, 6.07) is 0. The summed E-state index contributed by atoms with van der Waals surface area (Å²) in [7, 11) is -6.73. The molecule has 1 aliphatic rings. The molecule has 0 unspecified atom stereocenters. The van der Waals surface area contributed by atoms with Crippen molar-refractivity contribution in [3.63, 3.8) is 0 Å². The highest BCUT2D eigenvalue weighted by Gasteiger charge is 2.27. The molecule has 1 aliphatic carbocycles. The van der Waals surface area contributed by atoms with Gasteiger partial charge in [0, 0.05) is 0 Å². The Morgan fingerprint density at radius 2 is 1.47 bits per heavy atom. The Bertz CT molecular complexity index is 390. The molecule has 0 atom stereocenters.